The Morgan fingerprint density at radius 2 is 2.07 bits per heavy atom. The summed E-state index contributed by atoms with van der Waals surface area (Å²) in [6, 6.07) is 0. The summed E-state index contributed by atoms with van der Waals surface area (Å²) in [5, 5.41) is 0. The van der Waals surface area contributed by atoms with Crippen LogP contribution in [0.15, 0.2) is 22.8 Å². The van der Waals surface area contributed by atoms with E-state index < -0.39 is 0 Å². The average Bonchev–Trinajstić information content (AvgIpc) is 2.16. The molecule has 0 aliphatic heterocycles. The zero-order chi connectivity index (χ0) is 10.1. The highest BCUT2D eigenvalue weighted by Gasteiger charge is 2.26. The van der Waals surface area contributed by atoms with Crippen molar-refractivity contribution in [2.24, 2.45) is 5.92 Å². The predicted molar refractivity (Wildman–Crippen MR) is 58.0 cm³/mol. The van der Waals surface area contributed by atoms with Crippen LogP contribution in [0.1, 0.15) is 46.0 Å². The first kappa shape index (κ1) is 9.70. The second-order valence-corrected chi connectivity index (χ2v) is 4.73. The molecule has 1 nitrogen and oxygen atoms in total. The maximum atomic E-state index is 11.2. The number of fused-ring (bicyclic) bond motifs is 1. The standard InChI is InChI=1S/C13H18O/c1-9(2)10-3-4-12-8-13(14)6-5-11(12)7-10/h8,11H,3-7H2,1-2H3. The van der Waals surface area contributed by atoms with Crippen LogP contribution in [-0.2, 0) is 4.79 Å². The Kier molecular flexibility index (Phi) is 2.58. The van der Waals surface area contributed by atoms with Gasteiger partial charge in [0.05, 0.1) is 0 Å². The van der Waals surface area contributed by atoms with Crippen molar-refractivity contribution in [3.63, 3.8) is 0 Å². The van der Waals surface area contributed by atoms with Crippen LogP contribution in [0.25, 0.3) is 0 Å². The third kappa shape index (κ3) is 1.82. The molecule has 14 heavy (non-hydrogen) atoms. The summed E-state index contributed by atoms with van der Waals surface area (Å²) in [7, 11) is 0. The van der Waals surface area contributed by atoms with Crippen LogP contribution in [0.3, 0.4) is 0 Å². The van der Waals surface area contributed by atoms with Gasteiger partial charge in [0.15, 0.2) is 5.78 Å². The Hall–Kier alpha value is -0.850. The number of hydrogen-bond donors (Lipinski definition) is 0. The molecule has 2 aliphatic carbocycles. The van der Waals surface area contributed by atoms with Crippen LogP contribution < -0.4 is 0 Å². The van der Waals surface area contributed by atoms with Crippen molar-refractivity contribution in [1.29, 1.82) is 0 Å². The molecule has 2 aliphatic rings. The van der Waals surface area contributed by atoms with Gasteiger partial charge in [0.2, 0.25) is 0 Å². The Balaban J connectivity index is 2.18. The Bertz CT molecular complexity index is 316. The maximum absolute atomic E-state index is 11.2. The minimum atomic E-state index is 0.344. The predicted octanol–water partition coefficient (Wildman–Crippen LogP) is 3.41. The lowest BCUT2D eigenvalue weighted by Crippen LogP contribution is -2.19. The van der Waals surface area contributed by atoms with Gasteiger partial charge in [-0.2, -0.15) is 0 Å². The van der Waals surface area contributed by atoms with Crippen molar-refractivity contribution in [1.82, 2.24) is 0 Å². The molecule has 1 fully saturated rings. The fourth-order valence-corrected chi connectivity index (χ4v) is 2.56. The van der Waals surface area contributed by atoms with E-state index >= 15 is 0 Å². The van der Waals surface area contributed by atoms with Gasteiger partial charge in [-0.3, -0.25) is 4.79 Å². The summed E-state index contributed by atoms with van der Waals surface area (Å²) in [4.78, 5) is 11.2. The molecule has 0 spiro atoms. The molecule has 1 saturated carbocycles. The number of rotatable bonds is 0. The van der Waals surface area contributed by atoms with Gasteiger partial charge in [0.1, 0.15) is 0 Å². The van der Waals surface area contributed by atoms with E-state index in [4.69, 9.17) is 0 Å². The summed E-state index contributed by atoms with van der Waals surface area (Å²) in [6.45, 7) is 4.41. The molecule has 0 aromatic heterocycles. The van der Waals surface area contributed by atoms with E-state index in [0.717, 1.165) is 19.3 Å². The monoisotopic (exact) mass is 190 g/mol. The van der Waals surface area contributed by atoms with E-state index in [-0.39, 0.29) is 0 Å². The highest BCUT2D eigenvalue weighted by molar-refractivity contribution is 5.91. The highest BCUT2D eigenvalue weighted by Crippen LogP contribution is 2.39. The van der Waals surface area contributed by atoms with Crippen molar-refractivity contribution in [3.8, 4) is 0 Å². The molecule has 1 heteroatoms. The van der Waals surface area contributed by atoms with E-state index in [1.165, 1.54) is 24.0 Å². The van der Waals surface area contributed by atoms with Crippen LogP contribution in [-0.4, -0.2) is 5.78 Å². The quantitative estimate of drug-likeness (QED) is 0.535. The van der Waals surface area contributed by atoms with Gasteiger partial charge in [-0.05, 0) is 51.5 Å². The highest BCUT2D eigenvalue weighted by atomic mass is 16.1. The molecular weight excluding hydrogens is 172 g/mol. The van der Waals surface area contributed by atoms with Gasteiger partial charge in [-0.1, -0.05) is 16.7 Å². The minimum Gasteiger partial charge on any atom is -0.295 e. The van der Waals surface area contributed by atoms with Crippen LogP contribution >= 0.6 is 0 Å². The van der Waals surface area contributed by atoms with Gasteiger partial charge >= 0.3 is 0 Å². The second kappa shape index (κ2) is 3.72. The first-order chi connectivity index (χ1) is 6.66. The van der Waals surface area contributed by atoms with Gasteiger partial charge in [-0.15, -0.1) is 0 Å². The summed E-state index contributed by atoms with van der Waals surface area (Å²) in [5.41, 5.74) is 4.54. The minimum absolute atomic E-state index is 0.344. The van der Waals surface area contributed by atoms with Crippen LogP contribution in [0.4, 0.5) is 0 Å². The fourth-order valence-electron chi connectivity index (χ4n) is 2.56. The lowest BCUT2D eigenvalue weighted by atomic mass is 9.74. The van der Waals surface area contributed by atoms with Gasteiger partial charge in [0.25, 0.3) is 0 Å². The van der Waals surface area contributed by atoms with Gasteiger partial charge < -0.3 is 0 Å². The van der Waals surface area contributed by atoms with E-state index in [0.29, 0.717) is 11.7 Å². The molecule has 0 aromatic rings. The number of allylic oxidation sites excluding steroid dienone is 4. The van der Waals surface area contributed by atoms with E-state index in [1.54, 1.807) is 5.57 Å². The Morgan fingerprint density at radius 1 is 1.29 bits per heavy atom. The van der Waals surface area contributed by atoms with E-state index in [9.17, 15) is 4.79 Å². The largest absolute Gasteiger partial charge is 0.295 e. The summed E-state index contributed by atoms with van der Waals surface area (Å²) in [6.07, 6.45) is 7.28. The Labute approximate surface area is 85.9 Å². The SMILES string of the molecule is CC(C)=C1CCC2=CC(=O)CCC2C1. The average molecular weight is 190 g/mol. The third-order valence-corrected chi connectivity index (χ3v) is 3.53. The summed E-state index contributed by atoms with van der Waals surface area (Å²) < 4.78 is 0. The third-order valence-electron chi connectivity index (χ3n) is 3.53. The number of carbonyl (C=O) groups excluding carboxylic acids is 1. The molecular formula is C13H18O. The van der Waals surface area contributed by atoms with Crippen molar-refractivity contribution < 1.29 is 4.79 Å². The molecule has 0 N–H and O–H groups in total. The van der Waals surface area contributed by atoms with Crippen molar-refractivity contribution >= 4 is 5.78 Å². The number of hydrogen-bond acceptors (Lipinski definition) is 1. The van der Waals surface area contributed by atoms with Crippen LogP contribution in [0.2, 0.25) is 0 Å². The second-order valence-electron chi connectivity index (χ2n) is 4.73. The van der Waals surface area contributed by atoms with Gasteiger partial charge in [0, 0.05) is 6.42 Å². The molecule has 0 aromatic carbocycles. The van der Waals surface area contributed by atoms with Crippen molar-refractivity contribution in [2.75, 3.05) is 0 Å². The van der Waals surface area contributed by atoms with Crippen LogP contribution in [0, 0.1) is 5.92 Å². The zero-order valence-corrected chi connectivity index (χ0v) is 9.10. The normalized spacial score (nSPS) is 27.0. The molecule has 1 atom stereocenters. The lowest BCUT2D eigenvalue weighted by molar-refractivity contribution is -0.115. The van der Waals surface area contributed by atoms with Crippen molar-refractivity contribution in [3.05, 3.63) is 22.8 Å². The Morgan fingerprint density at radius 3 is 2.79 bits per heavy atom. The number of ketones is 1. The topological polar surface area (TPSA) is 17.1 Å². The molecule has 0 amide bonds. The molecule has 76 valence electrons. The summed E-state index contributed by atoms with van der Waals surface area (Å²) in [5.74, 6) is 1.03. The number of carbonyl (C=O) groups is 1. The van der Waals surface area contributed by atoms with Crippen LogP contribution in [0.5, 0.6) is 0 Å². The smallest absolute Gasteiger partial charge is 0.155 e. The first-order valence-corrected chi connectivity index (χ1v) is 5.55. The molecule has 1 unspecified atom stereocenters. The van der Waals surface area contributed by atoms with Crippen molar-refractivity contribution in [2.45, 2.75) is 46.0 Å². The summed E-state index contributed by atoms with van der Waals surface area (Å²) >= 11 is 0. The molecule has 0 bridgehead atoms. The van der Waals surface area contributed by atoms with E-state index in [2.05, 4.69) is 13.8 Å². The molecule has 0 heterocycles. The lowest BCUT2D eigenvalue weighted by Gasteiger charge is -2.30. The zero-order valence-electron chi connectivity index (χ0n) is 9.10. The molecule has 0 saturated heterocycles. The van der Waals surface area contributed by atoms with Gasteiger partial charge in [-0.25, -0.2) is 0 Å². The molecule has 0 radical (unpaired) electrons. The van der Waals surface area contributed by atoms with E-state index in [1.807, 2.05) is 6.08 Å². The molecule has 2 rings (SSSR count). The fraction of sp³-hybridized carbons (Fsp3) is 0.615. The maximum Gasteiger partial charge on any atom is 0.155 e. The first-order valence-electron chi connectivity index (χ1n) is 5.55.